The number of furan rings is 1. The maximum atomic E-state index is 10.9. The van der Waals surface area contributed by atoms with Crippen molar-refractivity contribution in [3.05, 3.63) is 40.2 Å². The predicted octanol–water partition coefficient (Wildman–Crippen LogP) is 2.43. The molecule has 14 heavy (non-hydrogen) atoms. The van der Waals surface area contributed by atoms with E-state index in [4.69, 9.17) is 9.52 Å². The van der Waals surface area contributed by atoms with Crippen LogP contribution in [0.15, 0.2) is 33.1 Å². The largest absolute Gasteiger partial charge is 0.478 e. The topological polar surface area (TPSA) is 50.4 Å². The second kappa shape index (κ2) is 2.54. The Hall–Kier alpha value is -1.42. The lowest BCUT2D eigenvalue weighted by Crippen LogP contribution is -2.04. The second-order valence-electron chi connectivity index (χ2n) is 3.19. The van der Waals surface area contributed by atoms with Crippen LogP contribution in [0.25, 0.3) is 6.08 Å². The van der Waals surface area contributed by atoms with Crippen LogP contribution in [-0.4, -0.2) is 11.1 Å². The minimum absolute atomic E-state index is 0.0450. The normalized spacial score (nSPS) is 22.7. The van der Waals surface area contributed by atoms with Crippen LogP contribution in [0.5, 0.6) is 0 Å². The summed E-state index contributed by atoms with van der Waals surface area (Å²) in [6, 6.07) is 3.76. The Bertz CT molecular complexity index is 481. The van der Waals surface area contributed by atoms with Crippen LogP contribution >= 0.6 is 11.8 Å². The highest BCUT2D eigenvalue weighted by atomic mass is 32.2. The van der Waals surface area contributed by atoms with E-state index in [-0.39, 0.29) is 5.25 Å². The van der Waals surface area contributed by atoms with Crippen molar-refractivity contribution in [2.75, 3.05) is 0 Å². The van der Waals surface area contributed by atoms with E-state index in [0.717, 1.165) is 17.1 Å². The molecule has 0 aromatic carbocycles. The lowest BCUT2D eigenvalue weighted by Gasteiger charge is -2.12. The maximum Gasteiger partial charge on any atom is 0.336 e. The monoisotopic (exact) mass is 206 g/mol. The predicted molar refractivity (Wildman–Crippen MR) is 52.7 cm³/mol. The third-order valence-corrected chi connectivity index (χ3v) is 3.48. The number of rotatable bonds is 1. The average Bonchev–Trinajstić information content (AvgIpc) is 2.71. The molecular weight excluding hydrogens is 200 g/mol. The summed E-state index contributed by atoms with van der Waals surface area (Å²) in [5, 5.41) is 10.7. The average molecular weight is 206 g/mol. The second-order valence-corrected chi connectivity index (χ2v) is 4.17. The lowest BCUT2D eigenvalue weighted by atomic mass is 10.0. The number of carboxylic acid groups (broad SMARTS) is 1. The number of thioether (sulfide) groups is 1. The molecule has 3 rings (SSSR count). The van der Waals surface area contributed by atoms with Crippen molar-refractivity contribution in [1.29, 1.82) is 0 Å². The van der Waals surface area contributed by atoms with Crippen molar-refractivity contribution in [2.24, 2.45) is 0 Å². The van der Waals surface area contributed by atoms with E-state index in [1.165, 1.54) is 11.8 Å². The Morgan fingerprint density at radius 3 is 3.14 bits per heavy atom. The fourth-order valence-electron chi connectivity index (χ4n) is 1.71. The fourth-order valence-corrected chi connectivity index (χ4v) is 2.82. The van der Waals surface area contributed by atoms with Gasteiger partial charge in [0.15, 0.2) is 0 Å². The van der Waals surface area contributed by atoms with E-state index >= 15 is 0 Å². The van der Waals surface area contributed by atoms with E-state index in [9.17, 15) is 4.79 Å². The van der Waals surface area contributed by atoms with Gasteiger partial charge in [0.05, 0.1) is 10.8 Å². The van der Waals surface area contributed by atoms with Gasteiger partial charge in [0.2, 0.25) is 0 Å². The number of carbonyl (C=O) groups is 1. The number of hydrogen-bond donors (Lipinski definition) is 1. The summed E-state index contributed by atoms with van der Waals surface area (Å²) >= 11 is 1.48. The molecule has 1 aromatic rings. The van der Waals surface area contributed by atoms with Crippen molar-refractivity contribution in [3.63, 3.8) is 0 Å². The van der Waals surface area contributed by atoms with Crippen molar-refractivity contribution >= 4 is 23.8 Å². The Labute approximate surface area is 84.1 Å². The van der Waals surface area contributed by atoms with Crippen LogP contribution < -0.4 is 0 Å². The molecule has 0 fully saturated rings. The summed E-state index contributed by atoms with van der Waals surface area (Å²) in [6.45, 7) is 0. The first-order valence-electron chi connectivity index (χ1n) is 4.16. The zero-order chi connectivity index (χ0) is 9.71. The third kappa shape index (κ3) is 0.915. The number of carboxylic acids is 1. The zero-order valence-corrected chi connectivity index (χ0v) is 7.88. The minimum Gasteiger partial charge on any atom is -0.478 e. The summed E-state index contributed by atoms with van der Waals surface area (Å²) in [6.07, 6.45) is 1.80. The molecule has 0 aliphatic carbocycles. The summed E-state index contributed by atoms with van der Waals surface area (Å²) < 4.78 is 5.44. The van der Waals surface area contributed by atoms with E-state index in [1.54, 1.807) is 11.5 Å². The SMILES string of the molecule is O=C(O)C1=CSC2C1=Cc1ccc2o1. The quantitative estimate of drug-likeness (QED) is 0.766. The highest BCUT2D eigenvalue weighted by Gasteiger charge is 2.34. The fraction of sp³-hybridized carbons (Fsp3) is 0.100. The van der Waals surface area contributed by atoms with Crippen molar-refractivity contribution < 1.29 is 14.3 Å². The molecule has 4 heteroatoms. The number of fused-ring (bicyclic) bond motifs is 4. The van der Waals surface area contributed by atoms with Gasteiger partial charge < -0.3 is 9.52 Å². The Morgan fingerprint density at radius 1 is 1.50 bits per heavy atom. The first-order valence-corrected chi connectivity index (χ1v) is 5.10. The first kappa shape index (κ1) is 7.94. The van der Waals surface area contributed by atoms with Crippen LogP contribution in [0, 0.1) is 0 Å². The molecule has 1 aromatic heterocycles. The highest BCUT2D eigenvalue weighted by Crippen LogP contribution is 2.50. The molecule has 1 N–H and O–H groups in total. The molecule has 1 unspecified atom stereocenters. The standard InChI is InChI=1S/C10H6O3S/c11-10(12)7-4-14-9-6(7)3-5-1-2-8(9)13-5/h1-4,9H,(H,11,12). The van der Waals surface area contributed by atoms with Crippen molar-refractivity contribution in [3.8, 4) is 0 Å². The van der Waals surface area contributed by atoms with Crippen LogP contribution in [-0.2, 0) is 4.79 Å². The van der Waals surface area contributed by atoms with Crippen LogP contribution in [0.3, 0.4) is 0 Å². The molecule has 2 bridgehead atoms. The molecule has 0 radical (unpaired) electrons. The molecule has 0 spiro atoms. The van der Waals surface area contributed by atoms with Gasteiger partial charge in [-0.25, -0.2) is 4.79 Å². The number of hydrogen-bond acceptors (Lipinski definition) is 3. The van der Waals surface area contributed by atoms with Crippen LogP contribution in [0.1, 0.15) is 16.8 Å². The van der Waals surface area contributed by atoms with Gasteiger partial charge >= 0.3 is 5.97 Å². The number of aliphatic carboxylic acids is 1. The smallest absolute Gasteiger partial charge is 0.336 e. The van der Waals surface area contributed by atoms with Crippen molar-refractivity contribution in [1.82, 2.24) is 0 Å². The van der Waals surface area contributed by atoms with E-state index in [2.05, 4.69) is 0 Å². The first-order chi connectivity index (χ1) is 6.75. The summed E-state index contributed by atoms with van der Waals surface area (Å²) in [7, 11) is 0. The molecule has 3 nitrogen and oxygen atoms in total. The van der Waals surface area contributed by atoms with Crippen LogP contribution in [0.2, 0.25) is 0 Å². The van der Waals surface area contributed by atoms with Gasteiger partial charge in [0, 0.05) is 0 Å². The third-order valence-electron chi connectivity index (χ3n) is 2.35. The lowest BCUT2D eigenvalue weighted by molar-refractivity contribution is -0.132. The van der Waals surface area contributed by atoms with Crippen molar-refractivity contribution in [2.45, 2.75) is 5.25 Å². The van der Waals surface area contributed by atoms with E-state index in [0.29, 0.717) is 5.57 Å². The molecule has 3 heterocycles. The zero-order valence-electron chi connectivity index (χ0n) is 7.06. The van der Waals surface area contributed by atoms with Gasteiger partial charge in [-0.15, -0.1) is 11.8 Å². The Morgan fingerprint density at radius 2 is 2.36 bits per heavy atom. The van der Waals surface area contributed by atoms with Gasteiger partial charge in [0.25, 0.3) is 0 Å². The van der Waals surface area contributed by atoms with E-state index < -0.39 is 5.97 Å². The highest BCUT2D eigenvalue weighted by molar-refractivity contribution is 8.02. The molecular formula is C10H6O3S. The van der Waals surface area contributed by atoms with Gasteiger partial charge in [-0.1, -0.05) is 0 Å². The summed E-state index contributed by atoms with van der Waals surface area (Å²) in [5.74, 6) is 0.713. The van der Waals surface area contributed by atoms with Gasteiger partial charge in [-0.05, 0) is 29.2 Å². The maximum absolute atomic E-state index is 10.9. The molecule has 2 aliphatic rings. The molecule has 2 aliphatic heterocycles. The molecule has 1 atom stereocenters. The Balaban J connectivity index is 2.12. The molecule has 0 amide bonds. The Kier molecular flexibility index (Phi) is 1.44. The van der Waals surface area contributed by atoms with Gasteiger partial charge in [-0.3, -0.25) is 0 Å². The van der Waals surface area contributed by atoms with Gasteiger partial charge in [-0.2, -0.15) is 0 Å². The van der Waals surface area contributed by atoms with Gasteiger partial charge in [0.1, 0.15) is 11.5 Å². The van der Waals surface area contributed by atoms with E-state index in [1.807, 2.05) is 12.1 Å². The molecule has 0 saturated carbocycles. The molecule has 0 saturated heterocycles. The summed E-state index contributed by atoms with van der Waals surface area (Å²) in [4.78, 5) is 10.9. The molecule has 70 valence electrons. The minimum atomic E-state index is -0.867. The summed E-state index contributed by atoms with van der Waals surface area (Å²) in [5.41, 5.74) is 1.24. The van der Waals surface area contributed by atoms with Crippen LogP contribution in [0.4, 0.5) is 0 Å².